The maximum Gasteiger partial charge on any atom is 0.217 e. The zero-order valence-corrected chi connectivity index (χ0v) is 12.7. The third-order valence-electron chi connectivity index (χ3n) is 3.76. The number of likely N-dealkylation sites (tertiary alicyclic amines) is 1. The molecule has 5 nitrogen and oxygen atoms in total. The first-order valence-electron chi connectivity index (χ1n) is 7.61. The molecule has 1 aromatic rings. The predicted octanol–water partition coefficient (Wildman–Crippen LogP) is 1.64. The van der Waals surface area contributed by atoms with Crippen LogP contribution in [0.3, 0.4) is 0 Å². The molecule has 1 fully saturated rings. The van der Waals surface area contributed by atoms with Gasteiger partial charge in [-0.25, -0.2) is 0 Å². The molecule has 0 bridgehead atoms. The number of piperidine rings is 1. The maximum atomic E-state index is 11.0. The van der Waals surface area contributed by atoms with E-state index in [-0.39, 0.29) is 5.91 Å². The standard InChI is InChI=1S/C16H25N3O2/c1-13(20)18-15-7-10-19(11-8-15)9-2-12-21-16-5-3-14(17)4-6-16/h3-6,15H,2,7-12,17H2,1H3,(H,18,20). The molecular weight excluding hydrogens is 266 g/mol. The van der Waals surface area contributed by atoms with Gasteiger partial charge in [-0.2, -0.15) is 0 Å². The van der Waals surface area contributed by atoms with Crippen molar-refractivity contribution in [3.05, 3.63) is 24.3 Å². The van der Waals surface area contributed by atoms with Gasteiger partial charge in [-0.1, -0.05) is 0 Å². The van der Waals surface area contributed by atoms with Gasteiger partial charge < -0.3 is 20.7 Å². The first kappa shape index (κ1) is 15.6. The molecule has 1 aliphatic heterocycles. The molecule has 0 aromatic heterocycles. The average molecular weight is 291 g/mol. The summed E-state index contributed by atoms with van der Waals surface area (Å²) in [5, 5.41) is 3.00. The van der Waals surface area contributed by atoms with Gasteiger partial charge >= 0.3 is 0 Å². The second kappa shape index (κ2) is 7.88. The molecule has 116 valence electrons. The second-order valence-corrected chi connectivity index (χ2v) is 5.59. The SMILES string of the molecule is CC(=O)NC1CCN(CCCOc2ccc(N)cc2)CC1. The topological polar surface area (TPSA) is 67.6 Å². The molecule has 0 atom stereocenters. The van der Waals surface area contributed by atoms with E-state index < -0.39 is 0 Å². The summed E-state index contributed by atoms with van der Waals surface area (Å²) in [6, 6.07) is 7.84. The lowest BCUT2D eigenvalue weighted by Gasteiger charge is -2.32. The Labute approximate surface area is 126 Å². The normalized spacial score (nSPS) is 16.6. The van der Waals surface area contributed by atoms with Crippen molar-refractivity contribution >= 4 is 11.6 Å². The summed E-state index contributed by atoms with van der Waals surface area (Å²) < 4.78 is 5.69. The molecule has 1 saturated heterocycles. The molecule has 1 aromatic carbocycles. The van der Waals surface area contributed by atoms with Crippen LogP contribution in [0.1, 0.15) is 26.2 Å². The van der Waals surface area contributed by atoms with E-state index >= 15 is 0 Å². The van der Waals surface area contributed by atoms with Gasteiger partial charge in [0.05, 0.1) is 6.61 Å². The molecule has 1 amide bonds. The van der Waals surface area contributed by atoms with Crippen LogP contribution in [0, 0.1) is 0 Å². The van der Waals surface area contributed by atoms with E-state index in [0.29, 0.717) is 6.04 Å². The fourth-order valence-corrected chi connectivity index (χ4v) is 2.63. The van der Waals surface area contributed by atoms with Crippen molar-refractivity contribution < 1.29 is 9.53 Å². The van der Waals surface area contributed by atoms with Crippen molar-refractivity contribution in [2.75, 3.05) is 32.0 Å². The Morgan fingerprint density at radius 2 is 2.00 bits per heavy atom. The highest BCUT2D eigenvalue weighted by molar-refractivity contribution is 5.73. The number of benzene rings is 1. The van der Waals surface area contributed by atoms with Crippen molar-refractivity contribution in [1.82, 2.24) is 10.2 Å². The fourth-order valence-electron chi connectivity index (χ4n) is 2.63. The Hall–Kier alpha value is -1.75. The molecule has 2 rings (SSSR count). The highest BCUT2D eigenvalue weighted by Crippen LogP contribution is 2.14. The second-order valence-electron chi connectivity index (χ2n) is 5.59. The summed E-state index contributed by atoms with van der Waals surface area (Å²) >= 11 is 0. The molecule has 21 heavy (non-hydrogen) atoms. The van der Waals surface area contributed by atoms with Gasteiger partial charge in [0.25, 0.3) is 0 Å². The van der Waals surface area contributed by atoms with Crippen LogP contribution in [0.4, 0.5) is 5.69 Å². The van der Waals surface area contributed by atoms with Crippen molar-refractivity contribution in [3.8, 4) is 5.75 Å². The van der Waals surface area contributed by atoms with Gasteiger partial charge in [0.15, 0.2) is 0 Å². The molecule has 0 unspecified atom stereocenters. The molecule has 0 saturated carbocycles. The molecular formula is C16H25N3O2. The Balaban J connectivity index is 1.57. The number of nitrogen functional groups attached to an aromatic ring is 1. The summed E-state index contributed by atoms with van der Waals surface area (Å²) in [4.78, 5) is 13.4. The Bertz CT molecular complexity index is 439. The summed E-state index contributed by atoms with van der Waals surface area (Å²) in [7, 11) is 0. The number of nitrogens with zero attached hydrogens (tertiary/aromatic N) is 1. The van der Waals surface area contributed by atoms with Crippen LogP contribution < -0.4 is 15.8 Å². The van der Waals surface area contributed by atoms with Gasteiger partial charge in [-0.3, -0.25) is 4.79 Å². The zero-order chi connectivity index (χ0) is 15.1. The Morgan fingerprint density at radius 3 is 2.62 bits per heavy atom. The van der Waals surface area contributed by atoms with Gasteiger partial charge in [0, 0.05) is 38.3 Å². The number of nitrogens with two attached hydrogens (primary N) is 1. The van der Waals surface area contributed by atoms with Gasteiger partial charge in [-0.05, 0) is 43.5 Å². The summed E-state index contributed by atoms with van der Waals surface area (Å²) in [6.45, 7) is 5.44. The zero-order valence-electron chi connectivity index (χ0n) is 12.7. The minimum atomic E-state index is 0.0744. The minimum Gasteiger partial charge on any atom is -0.494 e. The van der Waals surface area contributed by atoms with E-state index in [9.17, 15) is 4.79 Å². The van der Waals surface area contributed by atoms with E-state index in [2.05, 4.69) is 10.2 Å². The van der Waals surface area contributed by atoms with Crippen molar-refractivity contribution in [2.24, 2.45) is 0 Å². The molecule has 0 radical (unpaired) electrons. The third-order valence-corrected chi connectivity index (χ3v) is 3.76. The lowest BCUT2D eigenvalue weighted by atomic mass is 10.0. The number of carbonyl (C=O) groups excluding carboxylic acids is 1. The van der Waals surface area contributed by atoms with Crippen LogP contribution in [-0.2, 0) is 4.79 Å². The van der Waals surface area contributed by atoms with Gasteiger partial charge in [0.2, 0.25) is 5.91 Å². The molecule has 1 heterocycles. The number of rotatable bonds is 6. The van der Waals surface area contributed by atoms with Crippen LogP contribution in [0.15, 0.2) is 24.3 Å². The maximum absolute atomic E-state index is 11.0. The van der Waals surface area contributed by atoms with Crippen LogP contribution in [0.2, 0.25) is 0 Å². The van der Waals surface area contributed by atoms with Gasteiger partial charge in [0.1, 0.15) is 5.75 Å². The fraction of sp³-hybridized carbons (Fsp3) is 0.562. The van der Waals surface area contributed by atoms with Crippen LogP contribution in [0.25, 0.3) is 0 Å². The third kappa shape index (κ3) is 5.63. The minimum absolute atomic E-state index is 0.0744. The lowest BCUT2D eigenvalue weighted by molar-refractivity contribution is -0.119. The summed E-state index contributed by atoms with van der Waals surface area (Å²) in [6.07, 6.45) is 3.09. The molecule has 0 aliphatic carbocycles. The van der Waals surface area contributed by atoms with Gasteiger partial charge in [-0.15, -0.1) is 0 Å². The smallest absolute Gasteiger partial charge is 0.217 e. The number of hydrogen-bond acceptors (Lipinski definition) is 4. The highest BCUT2D eigenvalue weighted by atomic mass is 16.5. The number of carbonyl (C=O) groups is 1. The van der Waals surface area contributed by atoms with Crippen molar-refractivity contribution in [3.63, 3.8) is 0 Å². The monoisotopic (exact) mass is 291 g/mol. The van der Waals surface area contributed by atoms with E-state index in [1.165, 1.54) is 0 Å². The van der Waals surface area contributed by atoms with Crippen LogP contribution in [0.5, 0.6) is 5.75 Å². The van der Waals surface area contributed by atoms with E-state index in [4.69, 9.17) is 10.5 Å². The number of amides is 1. The van der Waals surface area contributed by atoms with Crippen LogP contribution in [-0.4, -0.2) is 43.1 Å². The number of anilines is 1. The quantitative estimate of drug-likeness (QED) is 0.617. The van der Waals surface area contributed by atoms with E-state index in [0.717, 1.165) is 56.9 Å². The first-order valence-corrected chi connectivity index (χ1v) is 7.61. The number of nitrogens with one attached hydrogen (secondary N) is 1. The number of ether oxygens (including phenoxy) is 1. The van der Waals surface area contributed by atoms with Crippen LogP contribution >= 0.6 is 0 Å². The Kier molecular flexibility index (Phi) is 5.87. The van der Waals surface area contributed by atoms with E-state index in [1.807, 2.05) is 24.3 Å². The average Bonchev–Trinajstić information content (AvgIpc) is 2.46. The molecule has 3 N–H and O–H groups in total. The first-order chi connectivity index (χ1) is 10.1. The molecule has 5 heteroatoms. The summed E-state index contributed by atoms with van der Waals surface area (Å²) in [5.41, 5.74) is 6.39. The summed E-state index contributed by atoms with van der Waals surface area (Å²) in [5.74, 6) is 0.943. The number of hydrogen-bond donors (Lipinski definition) is 2. The lowest BCUT2D eigenvalue weighted by Crippen LogP contribution is -2.44. The molecule has 0 spiro atoms. The Morgan fingerprint density at radius 1 is 1.33 bits per heavy atom. The van der Waals surface area contributed by atoms with E-state index in [1.54, 1.807) is 6.92 Å². The molecule has 1 aliphatic rings. The van der Waals surface area contributed by atoms with Crippen molar-refractivity contribution in [2.45, 2.75) is 32.2 Å². The predicted molar refractivity (Wildman–Crippen MR) is 84.2 cm³/mol. The van der Waals surface area contributed by atoms with Crippen molar-refractivity contribution in [1.29, 1.82) is 0 Å². The highest BCUT2D eigenvalue weighted by Gasteiger charge is 2.18. The largest absolute Gasteiger partial charge is 0.494 e.